The van der Waals surface area contributed by atoms with Crippen molar-refractivity contribution in [2.24, 2.45) is 0 Å². The highest BCUT2D eigenvalue weighted by Gasteiger charge is 2.08. The predicted molar refractivity (Wildman–Crippen MR) is 66.8 cm³/mol. The van der Waals surface area contributed by atoms with Gasteiger partial charge in [-0.3, -0.25) is 9.69 Å². The topological polar surface area (TPSA) is 43.8 Å². The number of aliphatic carboxylic acids is 1. The van der Waals surface area contributed by atoms with Crippen molar-refractivity contribution in [1.82, 2.24) is 9.80 Å². The van der Waals surface area contributed by atoms with Crippen LogP contribution < -0.4 is 0 Å². The van der Waals surface area contributed by atoms with Crippen LogP contribution in [0.4, 0.5) is 0 Å². The standard InChI is InChI=1S/C12H26N2O2/c1-4-8-14(11-12(15)16)10-7-9-13(5-2)6-3/h4-11H2,1-3H3,(H,15,16). The molecule has 0 aliphatic carbocycles. The van der Waals surface area contributed by atoms with Gasteiger partial charge in [0, 0.05) is 0 Å². The van der Waals surface area contributed by atoms with Crippen LogP contribution in [0.5, 0.6) is 0 Å². The van der Waals surface area contributed by atoms with Crippen molar-refractivity contribution in [3.63, 3.8) is 0 Å². The Hall–Kier alpha value is -0.610. The van der Waals surface area contributed by atoms with E-state index >= 15 is 0 Å². The fourth-order valence-electron chi connectivity index (χ4n) is 1.84. The molecule has 0 spiro atoms. The van der Waals surface area contributed by atoms with E-state index in [2.05, 4.69) is 25.7 Å². The van der Waals surface area contributed by atoms with Gasteiger partial charge in [0.1, 0.15) is 0 Å². The SMILES string of the molecule is CCCN(CCCN(CC)CC)CC(=O)O. The Morgan fingerprint density at radius 1 is 1.00 bits per heavy atom. The number of carboxylic acid groups (broad SMARTS) is 1. The lowest BCUT2D eigenvalue weighted by Gasteiger charge is -2.22. The van der Waals surface area contributed by atoms with Gasteiger partial charge in [-0.15, -0.1) is 0 Å². The van der Waals surface area contributed by atoms with Crippen LogP contribution in [0.15, 0.2) is 0 Å². The predicted octanol–water partition coefficient (Wildman–Crippen LogP) is 1.51. The smallest absolute Gasteiger partial charge is 0.317 e. The van der Waals surface area contributed by atoms with Gasteiger partial charge in [-0.1, -0.05) is 20.8 Å². The van der Waals surface area contributed by atoms with Gasteiger partial charge in [-0.05, 0) is 45.6 Å². The third-order valence-corrected chi connectivity index (χ3v) is 2.74. The Labute approximate surface area is 99.2 Å². The quantitative estimate of drug-likeness (QED) is 0.618. The molecule has 0 aromatic carbocycles. The number of rotatable bonds is 10. The maximum Gasteiger partial charge on any atom is 0.317 e. The summed E-state index contributed by atoms with van der Waals surface area (Å²) >= 11 is 0. The zero-order chi connectivity index (χ0) is 12.4. The van der Waals surface area contributed by atoms with Crippen molar-refractivity contribution in [2.75, 3.05) is 39.3 Å². The Morgan fingerprint density at radius 3 is 2.00 bits per heavy atom. The minimum absolute atomic E-state index is 0.173. The molecule has 0 aromatic heterocycles. The van der Waals surface area contributed by atoms with Crippen LogP contribution in [-0.4, -0.2) is 60.1 Å². The molecule has 96 valence electrons. The summed E-state index contributed by atoms with van der Waals surface area (Å²) in [5.41, 5.74) is 0. The minimum atomic E-state index is -0.726. The Kier molecular flexibility index (Phi) is 9.24. The van der Waals surface area contributed by atoms with E-state index in [1.807, 2.05) is 4.90 Å². The minimum Gasteiger partial charge on any atom is -0.480 e. The zero-order valence-electron chi connectivity index (χ0n) is 10.9. The molecule has 4 nitrogen and oxygen atoms in total. The summed E-state index contributed by atoms with van der Waals surface area (Å²) in [6, 6.07) is 0. The first-order valence-corrected chi connectivity index (χ1v) is 6.30. The largest absolute Gasteiger partial charge is 0.480 e. The van der Waals surface area contributed by atoms with E-state index < -0.39 is 5.97 Å². The van der Waals surface area contributed by atoms with E-state index in [9.17, 15) is 4.79 Å². The van der Waals surface area contributed by atoms with Crippen LogP contribution in [-0.2, 0) is 4.79 Å². The normalized spacial score (nSPS) is 11.3. The van der Waals surface area contributed by atoms with Crippen molar-refractivity contribution < 1.29 is 9.90 Å². The van der Waals surface area contributed by atoms with Crippen molar-refractivity contribution in [3.8, 4) is 0 Å². The molecule has 16 heavy (non-hydrogen) atoms. The number of hydrogen-bond acceptors (Lipinski definition) is 3. The van der Waals surface area contributed by atoms with Gasteiger partial charge in [-0.25, -0.2) is 0 Å². The van der Waals surface area contributed by atoms with Gasteiger partial charge in [0.15, 0.2) is 0 Å². The summed E-state index contributed by atoms with van der Waals surface area (Å²) in [6.45, 7) is 11.5. The number of carbonyl (C=O) groups is 1. The first kappa shape index (κ1) is 15.4. The summed E-state index contributed by atoms with van der Waals surface area (Å²) in [5, 5.41) is 8.76. The molecule has 0 saturated carbocycles. The van der Waals surface area contributed by atoms with Crippen molar-refractivity contribution in [2.45, 2.75) is 33.6 Å². The van der Waals surface area contributed by atoms with Crippen molar-refractivity contribution >= 4 is 5.97 Å². The molecule has 0 radical (unpaired) electrons. The van der Waals surface area contributed by atoms with Crippen molar-refractivity contribution in [3.05, 3.63) is 0 Å². The average Bonchev–Trinajstić information content (AvgIpc) is 2.24. The van der Waals surface area contributed by atoms with Gasteiger partial charge in [-0.2, -0.15) is 0 Å². The summed E-state index contributed by atoms with van der Waals surface area (Å²) in [5.74, 6) is -0.726. The summed E-state index contributed by atoms with van der Waals surface area (Å²) in [7, 11) is 0. The Morgan fingerprint density at radius 2 is 1.56 bits per heavy atom. The second-order valence-corrected chi connectivity index (χ2v) is 4.05. The van der Waals surface area contributed by atoms with E-state index in [0.717, 1.165) is 45.6 Å². The molecule has 0 amide bonds. The number of hydrogen-bond donors (Lipinski definition) is 1. The third-order valence-electron chi connectivity index (χ3n) is 2.74. The summed E-state index contributed by atoms with van der Waals surface area (Å²) in [6.07, 6.45) is 2.06. The Bertz CT molecular complexity index is 182. The first-order valence-electron chi connectivity index (χ1n) is 6.30. The molecule has 0 atom stereocenters. The van der Waals surface area contributed by atoms with Crippen LogP contribution in [0, 0.1) is 0 Å². The molecule has 0 bridgehead atoms. The molecule has 0 fully saturated rings. The van der Waals surface area contributed by atoms with Crippen molar-refractivity contribution in [1.29, 1.82) is 0 Å². The Balaban J connectivity index is 3.78. The van der Waals surface area contributed by atoms with E-state index in [-0.39, 0.29) is 6.54 Å². The molecule has 0 unspecified atom stereocenters. The van der Waals surface area contributed by atoms with Gasteiger partial charge < -0.3 is 10.0 Å². The zero-order valence-corrected chi connectivity index (χ0v) is 10.9. The van der Waals surface area contributed by atoms with E-state index in [0.29, 0.717) is 0 Å². The molecule has 0 heterocycles. The van der Waals surface area contributed by atoms with Crippen LogP contribution in [0.3, 0.4) is 0 Å². The summed E-state index contributed by atoms with van der Waals surface area (Å²) in [4.78, 5) is 15.0. The molecule has 0 rings (SSSR count). The monoisotopic (exact) mass is 230 g/mol. The molecular weight excluding hydrogens is 204 g/mol. The van der Waals surface area contributed by atoms with E-state index in [1.54, 1.807) is 0 Å². The fourth-order valence-corrected chi connectivity index (χ4v) is 1.84. The second kappa shape index (κ2) is 9.60. The van der Waals surface area contributed by atoms with Gasteiger partial charge in [0.05, 0.1) is 6.54 Å². The van der Waals surface area contributed by atoms with Gasteiger partial charge >= 0.3 is 5.97 Å². The molecule has 0 aromatic rings. The molecular formula is C12H26N2O2. The highest BCUT2D eigenvalue weighted by Crippen LogP contribution is 1.97. The van der Waals surface area contributed by atoms with Gasteiger partial charge in [0.2, 0.25) is 0 Å². The highest BCUT2D eigenvalue weighted by molar-refractivity contribution is 5.69. The highest BCUT2D eigenvalue weighted by atomic mass is 16.4. The number of carboxylic acids is 1. The maximum absolute atomic E-state index is 10.6. The molecule has 0 aliphatic rings. The van der Waals surface area contributed by atoms with Crippen LogP contribution in [0.1, 0.15) is 33.6 Å². The van der Waals surface area contributed by atoms with Crippen LogP contribution in [0.2, 0.25) is 0 Å². The second-order valence-electron chi connectivity index (χ2n) is 4.05. The maximum atomic E-state index is 10.6. The lowest BCUT2D eigenvalue weighted by Crippen LogP contribution is -2.34. The van der Waals surface area contributed by atoms with Crippen LogP contribution in [0.25, 0.3) is 0 Å². The first-order chi connectivity index (χ1) is 7.63. The molecule has 0 saturated heterocycles. The molecule has 4 heteroatoms. The van der Waals surface area contributed by atoms with Gasteiger partial charge in [0.25, 0.3) is 0 Å². The molecule has 1 N–H and O–H groups in total. The lowest BCUT2D eigenvalue weighted by molar-refractivity contribution is -0.138. The molecule has 0 aliphatic heterocycles. The number of nitrogens with zero attached hydrogens (tertiary/aromatic N) is 2. The van der Waals surface area contributed by atoms with E-state index in [1.165, 1.54) is 0 Å². The van der Waals surface area contributed by atoms with Crippen LogP contribution >= 0.6 is 0 Å². The third kappa shape index (κ3) is 7.65. The summed E-state index contributed by atoms with van der Waals surface area (Å²) < 4.78 is 0. The average molecular weight is 230 g/mol. The van der Waals surface area contributed by atoms with E-state index in [4.69, 9.17) is 5.11 Å². The fraction of sp³-hybridized carbons (Fsp3) is 0.917. The lowest BCUT2D eigenvalue weighted by atomic mass is 10.3.